The Bertz CT molecular complexity index is 576. The Kier molecular flexibility index (Phi) is 3.56. The van der Waals surface area contributed by atoms with Crippen LogP contribution < -0.4 is 5.32 Å². The van der Waals surface area contributed by atoms with Gasteiger partial charge in [-0.2, -0.15) is 0 Å². The molecule has 1 N–H and O–H groups in total. The van der Waals surface area contributed by atoms with Gasteiger partial charge in [-0.1, -0.05) is 29.5 Å². The molecule has 0 bridgehead atoms. The van der Waals surface area contributed by atoms with Gasteiger partial charge in [0.1, 0.15) is 5.52 Å². The van der Waals surface area contributed by atoms with E-state index in [1.165, 1.54) is 0 Å². The van der Waals surface area contributed by atoms with Gasteiger partial charge in [0.25, 0.3) is 0 Å². The van der Waals surface area contributed by atoms with Crippen molar-refractivity contribution in [3.8, 4) is 0 Å². The van der Waals surface area contributed by atoms with Crippen molar-refractivity contribution in [1.29, 1.82) is 0 Å². The zero-order valence-corrected chi connectivity index (χ0v) is 10.5. The van der Waals surface area contributed by atoms with Crippen LogP contribution in [0.15, 0.2) is 48.8 Å². The number of hydrogen-bond donors (Lipinski definition) is 1. The van der Waals surface area contributed by atoms with Crippen molar-refractivity contribution >= 4 is 44.8 Å². The van der Waals surface area contributed by atoms with Gasteiger partial charge >= 0.3 is 0 Å². The lowest BCUT2D eigenvalue weighted by Gasteiger charge is -1.99. The Morgan fingerprint density at radius 3 is 2.65 bits per heavy atom. The molecule has 2 aromatic heterocycles. The van der Waals surface area contributed by atoms with E-state index in [2.05, 4.69) is 15.3 Å². The second kappa shape index (κ2) is 5.12. The largest absolute Gasteiger partial charge is 0.332 e. The zero-order chi connectivity index (χ0) is 10.8. The van der Waals surface area contributed by atoms with Gasteiger partial charge in [-0.05, 0) is 18.2 Å². The summed E-state index contributed by atoms with van der Waals surface area (Å²) in [6, 6.07) is 12.0. The molecule has 0 unspecified atom stereocenters. The molecule has 3 rings (SSSR count). The Balaban J connectivity index is 0.00000108. The van der Waals surface area contributed by atoms with Crippen LogP contribution in [0.4, 0.5) is 10.8 Å². The van der Waals surface area contributed by atoms with Gasteiger partial charge in [-0.3, -0.25) is 4.98 Å². The highest BCUT2D eigenvalue weighted by Gasteiger charge is 2.02. The maximum atomic E-state index is 4.45. The van der Waals surface area contributed by atoms with E-state index in [9.17, 15) is 0 Å². The normalized spacial score (nSPS) is 9.88. The van der Waals surface area contributed by atoms with E-state index in [-0.39, 0.29) is 12.4 Å². The number of aromatic nitrogens is 2. The zero-order valence-electron chi connectivity index (χ0n) is 8.83. The van der Waals surface area contributed by atoms with Crippen molar-refractivity contribution in [2.45, 2.75) is 0 Å². The molecule has 3 aromatic rings. The van der Waals surface area contributed by atoms with Crippen LogP contribution in [0.5, 0.6) is 0 Å². The number of pyridine rings is 1. The van der Waals surface area contributed by atoms with Crippen molar-refractivity contribution in [2.75, 3.05) is 5.32 Å². The third-order valence-electron chi connectivity index (χ3n) is 2.21. The summed E-state index contributed by atoms with van der Waals surface area (Å²) in [4.78, 5) is 8.50. The Morgan fingerprint density at radius 2 is 1.88 bits per heavy atom. The van der Waals surface area contributed by atoms with E-state index in [1.54, 1.807) is 23.7 Å². The van der Waals surface area contributed by atoms with E-state index in [0.717, 1.165) is 21.0 Å². The summed E-state index contributed by atoms with van der Waals surface area (Å²) < 4.78 is 1.15. The summed E-state index contributed by atoms with van der Waals surface area (Å²) in [5, 5.41) is 4.17. The molecule has 0 spiro atoms. The molecule has 0 aliphatic heterocycles. The van der Waals surface area contributed by atoms with Crippen molar-refractivity contribution < 1.29 is 0 Å². The van der Waals surface area contributed by atoms with Crippen LogP contribution in [-0.4, -0.2) is 9.97 Å². The van der Waals surface area contributed by atoms with Crippen LogP contribution in [0, 0.1) is 0 Å². The van der Waals surface area contributed by atoms with Gasteiger partial charge in [-0.25, -0.2) is 4.98 Å². The van der Waals surface area contributed by atoms with Crippen LogP contribution in [0.1, 0.15) is 0 Å². The summed E-state index contributed by atoms with van der Waals surface area (Å²) in [6.07, 6.45) is 3.56. The fraction of sp³-hybridized carbons (Fsp3) is 0. The number of hydrogen-bond acceptors (Lipinski definition) is 4. The molecule has 3 nitrogen and oxygen atoms in total. The summed E-state index contributed by atoms with van der Waals surface area (Å²) in [7, 11) is 0. The molecule has 17 heavy (non-hydrogen) atoms. The van der Waals surface area contributed by atoms with Crippen LogP contribution in [0.2, 0.25) is 0 Å². The Morgan fingerprint density at radius 1 is 1.06 bits per heavy atom. The third kappa shape index (κ3) is 2.54. The number of halogens is 1. The van der Waals surface area contributed by atoms with E-state index >= 15 is 0 Å². The minimum absolute atomic E-state index is 0. The van der Waals surface area contributed by atoms with Crippen LogP contribution in [0.25, 0.3) is 10.2 Å². The van der Waals surface area contributed by atoms with Crippen molar-refractivity contribution in [3.05, 3.63) is 48.8 Å². The standard InChI is InChI=1S/C12H9N3S.ClH/c1-2-4-9(5-3-1)14-12-15-10-8-13-7-6-11(10)16-12;/h1-8H,(H,14,15);1H. The average Bonchev–Trinajstić information content (AvgIpc) is 2.72. The van der Waals surface area contributed by atoms with Gasteiger partial charge in [0, 0.05) is 11.9 Å². The van der Waals surface area contributed by atoms with Gasteiger partial charge in [0.15, 0.2) is 5.13 Å². The second-order valence-electron chi connectivity index (χ2n) is 3.35. The number of nitrogens with zero attached hydrogens (tertiary/aromatic N) is 2. The summed E-state index contributed by atoms with van der Waals surface area (Å²) in [5.74, 6) is 0. The first-order valence-electron chi connectivity index (χ1n) is 4.94. The van der Waals surface area contributed by atoms with Crippen molar-refractivity contribution in [1.82, 2.24) is 9.97 Å². The highest BCUT2D eigenvalue weighted by molar-refractivity contribution is 7.22. The number of benzene rings is 1. The van der Waals surface area contributed by atoms with Crippen LogP contribution in [-0.2, 0) is 0 Å². The number of fused-ring (bicyclic) bond motifs is 1. The minimum Gasteiger partial charge on any atom is -0.332 e. The molecule has 86 valence electrons. The molecule has 2 heterocycles. The van der Waals surface area contributed by atoms with Crippen molar-refractivity contribution in [2.24, 2.45) is 0 Å². The molecule has 0 fully saturated rings. The molecule has 5 heteroatoms. The van der Waals surface area contributed by atoms with Crippen LogP contribution >= 0.6 is 23.7 Å². The third-order valence-corrected chi connectivity index (χ3v) is 3.17. The maximum Gasteiger partial charge on any atom is 0.188 e. The fourth-order valence-corrected chi connectivity index (χ4v) is 2.33. The monoisotopic (exact) mass is 263 g/mol. The second-order valence-corrected chi connectivity index (χ2v) is 4.38. The molecule has 0 saturated carbocycles. The molecule has 0 atom stereocenters. The summed E-state index contributed by atoms with van der Waals surface area (Å²) in [6.45, 7) is 0. The fourth-order valence-electron chi connectivity index (χ4n) is 1.48. The topological polar surface area (TPSA) is 37.8 Å². The first kappa shape index (κ1) is 11.8. The van der Waals surface area contributed by atoms with E-state index < -0.39 is 0 Å². The molecule has 0 amide bonds. The van der Waals surface area contributed by atoms with E-state index in [4.69, 9.17) is 0 Å². The molecular weight excluding hydrogens is 254 g/mol. The van der Waals surface area contributed by atoms with E-state index in [1.807, 2.05) is 36.4 Å². The number of rotatable bonds is 2. The maximum absolute atomic E-state index is 4.45. The molecule has 0 saturated heterocycles. The number of nitrogens with one attached hydrogen (secondary N) is 1. The molecule has 0 aliphatic carbocycles. The quantitative estimate of drug-likeness (QED) is 0.763. The van der Waals surface area contributed by atoms with Crippen molar-refractivity contribution in [3.63, 3.8) is 0 Å². The number of thiazole rings is 1. The molecule has 0 radical (unpaired) electrons. The molecule has 0 aliphatic rings. The lowest BCUT2D eigenvalue weighted by atomic mass is 10.3. The summed E-state index contributed by atoms with van der Waals surface area (Å²) >= 11 is 1.63. The lowest BCUT2D eigenvalue weighted by molar-refractivity contribution is 1.34. The number of para-hydroxylation sites is 1. The predicted molar refractivity (Wildman–Crippen MR) is 74.4 cm³/mol. The minimum atomic E-state index is 0. The highest BCUT2D eigenvalue weighted by atomic mass is 35.5. The average molecular weight is 264 g/mol. The van der Waals surface area contributed by atoms with E-state index in [0.29, 0.717) is 0 Å². The molecular formula is C12H10ClN3S. The first-order valence-corrected chi connectivity index (χ1v) is 5.76. The van der Waals surface area contributed by atoms with Gasteiger partial charge in [-0.15, -0.1) is 12.4 Å². The number of anilines is 2. The summed E-state index contributed by atoms with van der Waals surface area (Å²) in [5.41, 5.74) is 1.99. The SMILES string of the molecule is Cl.c1ccc(Nc2nc3cnccc3s2)cc1. The van der Waals surface area contributed by atoms with Crippen LogP contribution in [0.3, 0.4) is 0 Å². The van der Waals surface area contributed by atoms with Gasteiger partial charge in [0.2, 0.25) is 0 Å². The predicted octanol–water partition coefficient (Wildman–Crippen LogP) is 3.86. The molecule has 1 aromatic carbocycles. The van der Waals surface area contributed by atoms with Gasteiger partial charge in [0.05, 0.1) is 10.9 Å². The van der Waals surface area contributed by atoms with Gasteiger partial charge < -0.3 is 5.32 Å². The Hall–Kier alpha value is -1.65. The lowest BCUT2D eigenvalue weighted by Crippen LogP contribution is -1.87. The smallest absolute Gasteiger partial charge is 0.188 e. The Labute approximate surface area is 109 Å². The highest BCUT2D eigenvalue weighted by Crippen LogP contribution is 2.27. The first-order chi connectivity index (χ1) is 7.92.